The van der Waals surface area contributed by atoms with Gasteiger partial charge in [0.15, 0.2) is 0 Å². The first-order chi connectivity index (χ1) is 15.6. The first-order valence-electron chi connectivity index (χ1n) is 11.2. The molecule has 4 heterocycles. The summed E-state index contributed by atoms with van der Waals surface area (Å²) in [5.41, 5.74) is 5.58. The zero-order valence-corrected chi connectivity index (χ0v) is 19.1. The maximum absolute atomic E-state index is 5.82. The van der Waals surface area contributed by atoms with Gasteiger partial charge in [0, 0.05) is 37.3 Å². The number of nitrogens with one attached hydrogen (secondary N) is 1. The molecule has 3 aromatic heterocycles. The van der Waals surface area contributed by atoms with Crippen LogP contribution in [0, 0.1) is 19.8 Å². The molecule has 1 aromatic carbocycles. The topological polar surface area (TPSA) is 87.2 Å². The summed E-state index contributed by atoms with van der Waals surface area (Å²) < 4.78 is 19.1. The van der Waals surface area contributed by atoms with Crippen LogP contribution >= 0.6 is 0 Å². The van der Waals surface area contributed by atoms with Gasteiger partial charge in [0.2, 0.25) is 5.95 Å². The number of pyridine rings is 1. The molecular weight excluding hydrogens is 406 g/mol. The molecule has 0 radical (unpaired) electrons. The smallest absolute Gasteiger partial charge is 0.203 e. The molecule has 4 aromatic rings. The Morgan fingerprint density at radius 2 is 2.00 bits per heavy atom. The Morgan fingerprint density at radius 1 is 1.19 bits per heavy atom. The van der Waals surface area contributed by atoms with Gasteiger partial charge >= 0.3 is 0 Å². The van der Waals surface area contributed by atoms with Gasteiger partial charge in [-0.25, -0.2) is 4.98 Å². The molecule has 8 nitrogen and oxygen atoms in total. The summed E-state index contributed by atoms with van der Waals surface area (Å²) >= 11 is 0. The highest BCUT2D eigenvalue weighted by molar-refractivity contribution is 6.05. The maximum atomic E-state index is 5.82. The van der Waals surface area contributed by atoms with E-state index >= 15 is 0 Å². The summed E-state index contributed by atoms with van der Waals surface area (Å²) in [5.74, 6) is 2.98. The number of methoxy groups -OCH3 is 1. The van der Waals surface area contributed by atoms with E-state index in [1.54, 1.807) is 7.11 Å². The van der Waals surface area contributed by atoms with Crippen LogP contribution in [0.4, 0.5) is 5.95 Å². The predicted octanol–water partition coefficient (Wildman–Crippen LogP) is 4.72. The van der Waals surface area contributed by atoms with Crippen LogP contribution in [-0.4, -0.2) is 46.6 Å². The number of aromatic nitrogens is 4. The van der Waals surface area contributed by atoms with Gasteiger partial charge in [0.05, 0.1) is 35.6 Å². The normalized spacial score (nSPS) is 15.0. The lowest BCUT2D eigenvalue weighted by molar-refractivity contribution is 0.0617. The lowest BCUT2D eigenvalue weighted by atomic mass is 9.99. The molecule has 1 N–H and O–H groups in total. The fourth-order valence-electron chi connectivity index (χ4n) is 4.73. The van der Waals surface area contributed by atoms with Gasteiger partial charge in [-0.2, -0.15) is 0 Å². The van der Waals surface area contributed by atoms with Crippen molar-refractivity contribution in [1.82, 2.24) is 19.7 Å². The number of anilines is 1. The van der Waals surface area contributed by atoms with Crippen molar-refractivity contribution in [2.24, 2.45) is 5.92 Å². The number of rotatable bonds is 6. The summed E-state index contributed by atoms with van der Waals surface area (Å²) in [6.45, 7) is 9.30. The van der Waals surface area contributed by atoms with E-state index in [1.165, 1.54) is 0 Å². The van der Waals surface area contributed by atoms with Crippen LogP contribution in [0.25, 0.3) is 33.1 Å². The van der Waals surface area contributed by atoms with Gasteiger partial charge in [-0.15, -0.1) is 0 Å². The number of hydrogen-bond donors (Lipinski definition) is 1. The summed E-state index contributed by atoms with van der Waals surface area (Å²) in [6, 6.07) is 4.14. The highest BCUT2D eigenvalue weighted by Gasteiger charge is 2.22. The van der Waals surface area contributed by atoms with Crippen LogP contribution in [0.15, 0.2) is 22.9 Å². The van der Waals surface area contributed by atoms with Gasteiger partial charge in [0.1, 0.15) is 17.0 Å². The van der Waals surface area contributed by atoms with Crippen molar-refractivity contribution in [2.75, 3.05) is 32.2 Å². The number of hydrogen-bond acceptors (Lipinski definition) is 7. The predicted molar refractivity (Wildman–Crippen MR) is 124 cm³/mol. The van der Waals surface area contributed by atoms with Crippen LogP contribution in [0.1, 0.15) is 31.2 Å². The molecule has 1 aliphatic rings. The van der Waals surface area contributed by atoms with Crippen LogP contribution in [0.2, 0.25) is 0 Å². The number of fused-ring (bicyclic) bond motifs is 3. The average molecular weight is 436 g/mol. The third-order valence-corrected chi connectivity index (χ3v) is 6.31. The number of nitrogens with zero attached hydrogens (tertiary/aromatic N) is 4. The van der Waals surface area contributed by atoms with E-state index in [4.69, 9.17) is 24.0 Å². The van der Waals surface area contributed by atoms with Gasteiger partial charge in [0.25, 0.3) is 0 Å². The highest BCUT2D eigenvalue weighted by atomic mass is 16.5. The summed E-state index contributed by atoms with van der Waals surface area (Å²) in [7, 11) is 1.69. The van der Waals surface area contributed by atoms with Crippen molar-refractivity contribution in [1.29, 1.82) is 0 Å². The minimum absolute atomic E-state index is 0.560. The third kappa shape index (κ3) is 3.48. The Labute approximate surface area is 186 Å². The van der Waals surface area contributed by atoms with E-state index in [9.17, 15) is 0 Å². The number of ether oxygens (including phenoxy) is 2. The molecule has 0 atom stereocenters. The molecule has 1 fully saturated rings. The first-order valence-corrected chi connectivity index (χ1v) is 11.2. The molecule has 8 heteroatoms. The number of benzene rings is 1. The van der Waals surface area contributed by atoms with Crippen molar-refractivity contribution in [3.8, 4) is 16.9 Å². The summed E-state index contributed by atoms with van der Waals surface area (Å²) in [6.07, 6.45) is 3.99. The molecule has 32 heavy (non-hydrogen) atoms. The van der Waals surface area contributed by atoms with Crippen molar-refractivity contribution in [3.05, 3.63) is 29.8 Å². The Balaban J connectivity index is 1.72. The Bertz CT molecular complexity index is 1250. The second kappa shape index (κ2) is 8.43. The van der Waals surface area contributed by atoms with Crippen LogP contribution < -0.4 is 10.1 Å². The van der Waals surface area contributed by atoms with E-state index in [-0.39, 0.29) is 0 Å². The van der Waals surface area contributed by atoms with Gasteiger partial charge in [-0.05, 0) is 51.7 Å². The molecule has 0 unspecified atom stereocenters. The Kier molecular flexibility index (Phi) is 5.46. The molecule has 0 spiro atoms. The van der Waals surface area contributed by atoms with E-state index in [0.29, 0.717) is 5.92 Å². The maximum Gasteiger partial charge on any atom is 0.203 e. The summed E-state index contributed by atoms with van der Waals surface area (Å²) in [4.78, 5) is 9.61. The van der Waals surface area contributed by atoms with Crippen LogP contribution in [0.5, 0.6) is 5.75 Å². The van der Waals surface area contributed by atoms with Crippen molar-refractivity contribution in [3.63, 3.8) is 0 Å². The van der Waals surface area contributed by atoms with Gasteiger partial charge in [-0.1, -0.05) is 5.16 Å². The van der Waals surface area contributed by atoms with E-state index in [0.717, 1.165) is 95.4 Å². The first kappa shape index (κ1) is 20.8. The number of imidazole rings is 1. The average Bonchev–Trinajstić information content (AvgIpc) is 3.33. The zero-order chi connectivity index (χ0) is 22.2. The summed E-state index contributed by atoms with van der Waals surface area (Å²) in [5, 5.41) is 8.58. The molecule has 1 aliphatic heterocycles. The van der Waals surface area contributed by atoms with Gasteiger partial charge < -0.3 is 23.9 Å². The minimum Gasteiger partial charge on any atom is -0.496 e. The molecule has 0 aliphatic carbocycles. The largest absolute Gasteiger partial charge is 0.496 e. The molecule has 0 saturated carbocycles. The van der Waals surface area contributed by atoms with Crippen molar-refractivity contribution in [2.45, 2.75) is 40.2 Å². The molecular formula is C24H29N5O3. The van der Waals surface area contributed by atoms with Crippen LogP contribution in [0.3, 0.4) is 0 Å². The lowest BCUT2D eigenvalue weighted by Crippen LogP contribution is -2.21. The minimum atomic E-state index is 0.560. The van der Waals surface area contributed by atoms with Crippen molar-refractivity contribution < 1.29 is 14.0 Å². The number of aryl methyl sites for hydroxylation is 2. The lowest BCUT2D eigenvalue weighted by Gasteiger charge is -2.23. The SMILES string of the molecule is CCNc1nc2cnc3cc(-c4c(C)noc4C)c(OC)cc3c2n1CC1CCOCC1. The Morgan fingerprint density at radius 3 is 2.69 bits per heavy atom. The zero-order valence-electron chi connectivity index (χ0n) is 19.1. The highest BCUT2D eigenvalue weighted by Crippen LogP contribution is 2.39. The molecule has 1 saturated heterocycles. The molecule has 5 rings (SSSR count). The molecule has 0 bridgehead atoms. The second-order valence-electron chi connectivity index (χ2n) is 8.39. The molecule has 0 amide bonds. The van der Waals surface area contributed by atoms with Crippen molar-refractivity contribution >= 4 is 27.9 Å². The standard InChI is InChI=1S/C24H29N5O3/c1-5-25-24-27-20-12-26-19-10-18(22-14(2)28-32-15(22)3)21(30-4)11-17(19)23(20)29(24)13-16-6-8-31-9-7-16/h10-12,16H,5-9,13H2,1-4H3,(H,25,27). The fourth-order valence-corrected chi connectivity index (χ4v) is 4.73. The fraction of sp³-hybridized carbons (Fsp3) is 0.458. The Hall–Kier alpha value is -3.13. The van der Waals surface area contributed by atoms with Gasteiger partial charge in [-0.3, -0.25) is 4.98 Å². The third-order valence-electron chi connectivity index (χ3n) is 6.31. The van der Waals surface area contributed by atoms with E-state index in [2.05, 4.69) is 34.1 Å². The molecule has 168 valence electrons. The quantitative estimate of drug-likeness (QED) is 0.469. The second-order valence-corrected chi connectivity index (χ2v) is 8.39. The van der Waals surface area contributed by atoms with E-state index < -0.39 is 0 Å². The monoisotopic (exact) mass is 435 g/mol. The van der Waals surface area contributed by atoms with Crippen LogP contribution in [-0.2, 0) is 11.3 Å². The van der Waals surface area contributed by atoms with E-state index in [1.807, 2.05) is 20.0 Å².